The molecule has 0 aliphatic carbocycles. The summed E-state index contributed by atoms with van der Waals surface area (Å²) in [5.74, 6) is 1.12. The molecule has 1 heterocycles. The predicted octanol–water partition coefficient (Wildman–Crippen LogP) is 3.22. The van der Waals surface area contributed by atoms with E-state index in [4.69, 9.17) is 5.73 Å². The first kappa shape index (κ1) is 12.8. The molecule has 3 heteroatoms. The Morgan fingerprint density at radius 1 is 1.41 bits per heavy atom. The van der Waals surface area contributed by atoms with E-state index in [2.05, 4.69) is 44.3 Å². The summed E-state index contributed by atoms with van der Waals surface area (Å²) in [5, 5.41) is 3.67. The fraction of sp³-hybridized carbons (Fsp3) is 0.571. The molecule has 0 radical (unpaired) electrons. The van der Waals surface area contributed by atoms with Crippen LogP contribution in [0.4, 0.5) is 5.69 Å². The molecule has 1 aromatic carbocycles. The summed E-state index contributed by atoms with van der Waals surface area (Å²) >= 11 is 1.95. The predicted molar refractivity (Wildman–Crippen MR) is 76.9 cm³/mol. The number of para-hydroxylation sites is 1. The number of benzene rings is 1. The standard InChI is InChI=1S/C14H22N2S/c1-14(2,3)11-5-4-6-12-13(11)16-10(7-8-15)9-17-12/h4-6,10,16H,7-9,15H2,1-3H3. The lowest BCUT2D eigenvalue weighted by molar-refractivity contribution is 0.587. The van der Waals surface area contributed by atoms with Crippen LogP contribution in [0.1, 0.15) is 32.8 Å². The quantitative estimate of drug-likeness (QED) is 0.846. The highest BCUT2D eigenvalue weighted by Crippen LogP contribution is 2.40. The molecule has 0 fully saturated rings. The normalized spacial score (nSPS) is 19.6. The summed E-state index contributed by atoms with van der Waals surface area (Å²) in [6, 6.07) is 7.12. The van der Waals surface area contributed by atoms with Crippen LogP contribution in [0, 0.1) is 0 Å². The second kappa shape index (κ2) is 4.91. The molecule has 1 unspecified atom stereocenters. The van der Waals surface area contributed by atoms with Crippen LogP contribution in [-0.4, -0.2) is 18.3 Å². The molecule has 0 spiro atoms. The summed E-state index contributed by atoms with van der Waals surface area (Å²) in [4.78, 5) is 1.38. The Bertz CT molecular complexity index is 396. The first-order valence-corrected chi connectivity index (χ1v) is 7.24. The van der Waals surface area contributed by atoms with Crippen LogP contribution in [0.2, 0.25) is 0 Å². The second-order valence-electron chi connectivity index (χ2n) is 5.66. The maximum Gasteiger partial charge on any atom is 0.0518 e. The van der Waals surface area contributed by atoms with Crippen LogP contribution in [0.25, 0.3) is 0 Å². The first-order chi connectivity index (χ1) is 8.02. The van der Waals surface area contributed by atoms with Gasteiger partial charge in [0, 0.05) is 16.7 Å². The van der Waals surface area contributed by atoms with Crippen molar-refractivity contribution in [2.45, 2.75) is 43.5 Å². The van der Waals surface area contributed by atoms with Gasteiger partial charge in [-0.2, -0.15) is 0 Å². The zero-order valence-electron chi connectivity index (χ0n) is 10.9. The van der Waals surface area contributed by atoms with E-state index in [1.54, 1.807) is 0 Å². The van der Waals surface area contributed by atoms with E-state index < -0.39 is 0 Å². The minimum absolute atomic E-state index is 0.184. The fourth-order valence-corrected chi connectivity index (χ4v) is 3.34. The van der Waals surface area contributed by atoms with E-state index in [9.17, 15) is 0 Å². The molecule has 2 rings (SSSR count). The van der Waals surface area contributed by atoms with Crippen molar-refractivity contribution in [1.82, 2.24) is 0 Å². The van der Waals surface area contributed by atoms with Gasteiger partial charge >= 0.3 is 0 Å². The van der Waals surface area contributed by atoms with Crippen molar-refractivity contribution >= 4 is 17.4 Å². The lowest BCUT2D eigenvalue weighted by Gasteiger charge is -2.32. The van der Waals surface area contributed by atoms with Crippen molar-refractivity contribution in [3.8, 4) is 0 Å². The number of fused-ring (bicyclic) bond motifs is 1. The Hall–Kier alpha value is -0.670. The zero-order chi connectivity index (χ0) is 12.5. The third-order valence-electron chi connectivity index (χ3n) is 3.14. The summed E-state index contributed by atoms with van der Waals surface area (Å²) in [7, 11) is 0. The molecule has 94 valence electrons. The zero-order valence-corrected chi connectivity index (χ0v) is 11.7. The molecule has 0 saturated heterocycles. The summed E-state index contributed by atoms with van der Waals surface area (Å²) < 4.78 is 0. The lowest BCUT2D eigenvalue weighted by atomic mass is 9.85. The molecule has 2 nitrogen and oxygen atoms in total. The van der Waals surface area contributed by atoms with Crippen molar-refractivity contribution in [2.75, 3.05) is 17.6 Å². The van der Waals surface area contributed by atoms with Crippen LogP contribution in [0.3, 0.4) is 0 Å². The number of hydrogen-bond acceptors (Lipinski definition) is 3. The largest absolute Gasteiger partial charge is 0.380 e. The van der Waals surface area contributed by atoms with Crippen LogP contribution in [-0.2, 0) is 5.41 Å². The summed E-state index contributed by atoms with van der Waals surface area (Å²) in [6.07, 6.45) is 1.05. The number of nitrogens with one attached hydrogen (secondary N) is 1. The number of anilines is 1. The van der Waals surface area contributed by atoms with Crippen LogP contribution in [0.5, 0.6) is 0 Å². The lowest BCUT2D eigenvalue weighted by Crippen LogP contribution is -2.30. The average molecular weight is 250 g/mol. The SMILES string of the molecule is CC(C)(C)c1cccc2c1NC(CCN)CS2. The number of hydrogen-bond donors (Lipinski definition) is 2. The minimum atomic E-state index is 0.184. The highest BCUT2D eigenvalue weighted by atomic mass is 32.2. The molecule has 3 N–H and O–H groups in total. The van der Waals surface area contributed by atoms with Gasteiger partial charge in [0.1, 0.15) is 0 Å². The van der Waals surface area contributed by atoms with Crippen molar-refractivity contribution < 1.29 is 0 Å². The summed E-state index contributed by atoms with van der Waals surface area (Å²) in [6.45, 7) is 7.55. The monoisotopic (exact) mass is 250 g/mol. The fourth-order valence-electron chi connectivity index (χ4n) is 2.22. The van der Waals surface area contributed by atoms with Gasteiger partial charge in [-0.05, 0) is 30.0 Å². The van der Waals surface area contributed by atoms with Crippen LogP contribution >= 0.6 is 11.8 Å². The van der Waals surface area contributed by atoms with Crippen LogP contribution in [0.15, 0.2) is 23.1 Å². The van der Waals surface area contributed by atoms with Gasteiger partial charge in [0.05, 0.1) is 5.69 Å². The van der Waals surface area contributed by atoms with E-state index in [0.717, 1.165) is 18.7 Å². The third-order valence-corrected chi connectivity index (χ3v) is 4.36. The van der Waals surface area contributed by atoms with Gasteiger partial charge in [-0.3, -0.25) is 0 Å². The van der Waals surface area contributed by atoms with Crippen molar-refractivity contribution in [3.63, 3.8) is 0 Å². The van der Waals surface area contributed by atoms with Crippen LogP contribution < -0.4 is 11.1 Å². The van der Waals surface area contributed by atoms with E-state index in [1.165, 1.54) is 16.1 Å². The Balaban J connectivity index is 2.33. The Morgan fingerprint density at radius 3 is 2.82 bits per heavy atom. The molecule has 1 aliphatic rings. The molecule has 0 saturated carbocycles. The van der Waals surface area contributed by atoms with Gasteiger partial charge in [0.25, 0.3) is 0 Å². The van der Waals surface area contributed by atoms with Gasteiger partial charge < -0.3 is 11.1 Å². The van der Waals surface area contributed by atoms with E-state index in [0.29, 0.717) is 6.04 Å². The van der Waals surface area contributed by atoms with Crippen molar-refractivity contribution in [2.24, 2.45) is 5.73 Å². The third kappa shape index (κ3) is 2.78. The van der Waals surface area contributed by atoms with Gasteiger partial charge in [-0.1, -0.05) is 32.9 Å². The Labute approximate surface area is 108 Å². The van der Waals surface area contributed by atoms with Gasteiger partial charge in [0.15, 0.2) is 0 Å². The van der Waals surface area contributed by atoms with E-state index in [-0.39, 0.29) is 5.41 Å². The minimum Gasteiger partial charge on any atom is -0.380 e. The summed E-state index contributed by atoms with van der Waals surface area (Å²) in [5.41, 5.74) is 8.57. The molecule has 1 aliphatic heterocycles. The molecule has 17 heavy (non-hydrogen) atoms. The highest BCUT2D eigenvalue weighted by Gasteiger charge is 2.25. The first-order valence-electron chi connectivity index (χ1n) is 6.25. The molecule has 1 atom stereocenters. The van der Waals surface area contributed by atoms with E-state index in [1.807, 2.05) is 11.8 Å². The van der Waals surface area contributed by atoms with Gasteiger partial charge in [0.2, 0.25) is 0 Å². The van der Waals surface area contributed by atoms with E-state index >= 15 is 0 Å². The topological polar surface area (TPSA) is 38.0 Å². The maximum absolute atomic E-state index is 5.65. The highest BCUT2D eigenvalue weighted by molar-refractivity contribution is 7.99. The van der Waals surface area contributed by atoms with Gasteiger partial charge in [-0.25, -0.2) is 0 Å². The molecule has 1 aromatic rings. The second-order valence-corrected chi connectivity index (χ2v) is 6.72. The Morgan fingerprint density at radius 2 is 2.18 bits per heavy atom. The van der Waals surface area contributed by atoms with Crippen molar-refractivity contribution in [1.29, 1.82) is 0 Å². The number of thioether (sulfide) groups is 1. The molecule has 0 aromatic heterocycles. The maximum atomic E-state index is 5.65. The molecular weight excluding hydrogens is 228 g/mol. The smallest absolute Gasteiger partial charge is 0.0518 e. The Kier molecular flexibility index (Phi) is 3.69. The molecular formula is C14H22N2S. The van der Waals surface area contributed by atoms with Crippen molar-refractivity contribution in [3.05, 3.63) is 23.8 Å². The number of nitrogens with two attached hydrogens (primary N) is 1. The van der Waals surface area contributed by atoms with Gasteiger partial charge in [-0.15, -0.1) is 11.8 Å². The average Bonchev–Trinajstić information content (AvgIpc) is 2.27. The molecule has 0 bridgehead atoms. The molecule has 0 amide bonds. The number of rotatable bonds is 2.